The molecule has 1 unspecified atom stereocenters. The summed E-state index contributed by atoms with van der Waals surface area (Å²) in [6, 6.07) is 11.9. The van der Waals surface area contributed by atoms with Crippen molar-refractivity contribution < 1.29 is 9.18 Å². The summed E-state index contributed by atoms with van der Waals surface area (Å²) in [5.41, 5.74) is 9.24. The number of benzene rings is 2. The van der Waals surface area contributed by atoms with Crippen molar-refractivity contribution in [1.29, 1.82) is 0 Å². The molecule has 3 N–H and O–H groups in total. The minimum atomic E-state index is -0.448. The molecule has 29 heavy (non-hydrogen) atoms. The van der Waals surface area contributed by atoms with E-state index < -0.39 is 5.91 Å². The Labute approximate surface area is 167 Å². The quantitative estimate of drug-likeness (QED) is 0.692. The van der Waals surface area contributed by atoms with E-state index >= 15 is 0 Å². The molecule has 2 heterocycles. The van der Waals surface area contributed by atoms with Crippen LogP contribution in [0.5, 0.6) is 0 Å². The van der Waals surface area contributed by atoms with Crippen LogP contribution in [0.15, 0.2) is 42.5 Å². The highest BCUT2D eigenvalue weighted by molar-refractivity contribution is 5.97. The monoisotopic (exact) mass is 392 g/mol. The lowest BCUT2D eigenvalue weighted by Gasteiger charge is -2.23. The lowest BCUT2D eigenvalue weighted by atomic mass is 10.0. The zero-order valence-electron chi connectivity index (χ0n) is 16.2. The fraction of sp³-hybridized carbons (Fsp3) is 0.238. The molecule has 7 nitrogen and oxygen atoms in total. The number of carbonyl (C=O) groups is 1. The number of halogens is 1. The minimum Gasteiger partial charge on any atom is -0.366 e. The van der Waals surface area contributed by atoms with E-state index in [9.17, 15) is 9.18 Å². The van der Waals surface area contributed by atoms with Gasteiger partial charge in [-0.05, 0) is 55.7 Å². The topological polar surface area (TPSA) is 97.0 Å². The van der Waals surface area contributed by atoms with Crippen molar-refractivity contribution in [1.82, 2.24) is 15.2 Å². The van der Waals surface area contributed by atoms with Gasteiger partial charge in [0, 0.05) is 23.8 Å². The van der Waals surface area contributed by atoms with Crippen LogP contribution in [0.1, 0.15) is 34.1 Å². The highest BCUT2D eigenvalue weighted by Crippen LogP contribution is 2.38. The molecule has 0 aliphatic carbocycles. The summed E-state index contributed by atoms with van der Waals surface area (Å²) < 4.78 is 13.4. The van der Waals surface area contributed by atoms with E-state index in [1.54, 1.807) is 18.2 Å². The number of nitrogens with two attached hydrogens (primary N) is 1. The van der Waals surface area contributed by atoms with Gasteiger partial charge in [-0.15, -0.1) is 10.2 Å². The molecule has 1 aliphatic rings. The first-order valence-electron chi connectivity index (χ1n) is 9.34. The second-order valence-corrected chi connectivity index (χ2v) is 7.12. The summed E-state index contributed by atoms with van der Waals surface area (Å²) in [6.07, 6.45) is 0.664. The van der Waals surface area contributed by atoms with Crippen LogP contribution in [-0.4, -0.2) is 27.1 Å². The van der Waals surface area contributed by atoms with Gasteiger partial charge in [0.05, 0.1) is 0 Å². The molecule has 2 aromatic carbocycles. The summed E-state index contributed by atoms with van der Waals surface area (Å²) in [5, 5.41) is 11.7. The van der Waals surface area contributed by atoms with E-state index in [0.29, 0.717) is 36.0 Å². The Bertz CT molecular complexity index is 1090. The fourth-order valence-electron chi connectivity index (χ4n) is 3.65. The summed E-state index contributed by atoms with van der Waals surface area (Å²) in [6.45, 7) is 4.26. The van der Waals surface area contributed by atoms with Gasteiger partial charge in [0.15, 0.2) is 5.82 Å². The van der Waals surface area contributed by atoms with Gasteiger partial charge in [-0.2, -0.15) is 4.98 Å². The summed E-state index contributed by atoms with van der Waals surface area (Å²) in [4.78, 5) is 18.4. The van der Waals surface area contributed by atoms with E-state index in [2.05, 4.69) is 20.5 Å². The second-order valence-electron chi connectivity index (χ2n) is 7.12. The molecule has 3 aromatic rings. The van der Waals surface area contributed by atoms with Crippen LogP contribution in [0.4, 0.5) is 21.8 Å². The number of fused-ring (bicyclic) bond motifs is 1. The number of anilines is 3. The number of hydrogen-bond acceptors (Lipinski definition) is 6. The number of amides is 1. The molecule has 1 atom stereocenters. The van der Waals surface area contributed by atoms with Crippen molar-refractivity contribution in [3.05, 3.63) is 70.7 Å². The van der Waals surface area contributed by atoms with Crippen LogP contribution < -0.4 is 16.0 Å². The predicted octanol–water partition coefficient (Wildman–Crippen LogP) is 3.11. The molecule has 0 saturated carbocycles. The Morgan fingerprint density at radius 2 is 2.07 bits per heavy atom. The van der Waals surface area contributed by atoms with Crippen LogP contribution >= 0.6 is 0 Å². The number of hydrogen-bond donors (Lipinski definition) is 2. The summed E-state index contributed by atoms with van der Waals surface area (Å²) in [7, 11) is 0. The van der Waals surface area contributed by atoms with E-state index in [1.807, 2.05) is 30.9 Å². The normalized spacial score (nSPS) is 15.3. The van der Waals surface area contributed by atoms with Crippen molar-refractivity contribution in [2.75, 3.05) is 10.2 Å². The van der Waals surface area contributed by atoms with Crippen molar-refractivity contribution in [3.63, 3.8) is 0 Å². The summed E-state index contributed by atoms with van der Waals surface area (Å²) in [5.74, 6) is 0.280. The van der Waals surface area contributed by atoms with Crippen LogP contribution in [0.3, 0.4) is 0 Å². The minimum absolute atomic E-state index is 0.0473. The van der Waals surface area contributed by atoms with Crippen molar-refractivity contribution in [3.8, 4) is 0 Å². The molecule has 0 spiro atoms. The molecule has 1 aromatic heterocycles. The Morgan fingerprint density at radius 3 is 2.83 bits per heavy atom. The number of aryl methyl sites for hydroxylation is 1. The highest BCUT2D eigenvalue weighted by Gasteiger charge is 2.32. The Morgan fingerprint density at radius 1 is 1.28 bits per heavy atom. The first kappa shape index (κ1) is 18.8. The van der Waals surface area contributed by atoms with E-state index in [1.165, 1.54) is 12.1 Å². The molecule has 4 rings (SSSR count). The standard InChI is InChI=1S/C21H21FN6O/c1-12-9-17-16(19(23)29)7-4-8-18(17)28(12)21-25-20(13(2)26-27-21)24-11-14-5-3-6-15(22)10-14/h3-8,10,12H,9,11H2,1-2H3,(H2,23,29)(H,24,25,27). The van der Waals surface area contributed by atoms with E-state index in [0.717, 1.165) is 16.8 Å². The highest BCUT2D eigenvalue weighted by atomic mass is 19.1. The van der Waals surface area contributed by atoms with Gasteiger partial charge in [-0.3, -0.25) is 4.79 Å². The molecule has 0 bridgehead atoms. The van der Waals surface area contributed by atoms with Gasteiger partial charge >= 0.3 is 0 Å². The average molecular weight is 392 g/mol. The Kier molecular flexibility index (Phi) is 4.84. The number of aromatic nitrogens is 3. The molecule has 148 valence electrons. The first-order chi connectivity index (χ1) is 13.9. The van der Waals surface area contributed by atoms with Gasteiger partial charge < -0.3 is 16.0 Å². The third kappa shape index (κ3) is 3.61. The Hall–Kier alpha value is -3.55. The number of primary amides is 1. The number of nitrogens with one attached hydrogen (secondary N) is 1. The van der Waals surface area contributed by atoms with Gasteiger partial charge in [0.25, 0.3) is 5.95 Å². The number of nitrogens with zero attached hydrogens (tertiary/aromatic N) is 4. The molecule has 0 saturated heterocycles. The Balaban J connectivity index is 1.64. The fourth-order valence-corrected chi connectivity index (χ4v) is 3.65. The molecule has 1 amide bonds. The van der Waals surface area contributed by atoms with Crippen molar-refractivity contribution >= 4 is 23.4 Å². The lowest BCUT2D eigenvalue weighted by Crippen LogP contribution is -2.26. The van der Waals surface area contributed by atoms with Gasteiger partial charge in [-0.1, -0.05) is 18.2 Å². The molecular weight excluding hydrogens is 371 g/mol. The van der Waals surface area contributed by atoms with Gasteiger partial charge in [0.2, 0.25) is 5.91 Å². The summed E-state index contributed by atoms with van der Waals surface area (Å²) >= 11 is 0. The zero-order valence-corrected chi connectivity index (χ0v) is 16.2. The first-order valence-corrected chi connectivity index (χ1v) is 9.34. The smallest absolute Gasteiger partial charge is 0.252 e. The number of rotatable bonds is 5. The largest absolute Gasteiger partial charge is 0.366 e. The molecule has 1 aliphatic heterocycles. The van der Waals surface area contributed by atoms with Gasteiger partial charge in [0.1, 0.15) is 11.5 Å². The average Bonchev–Trinajstić information content (AvgIpc) is 3.03. The molecule has 0 fully saturated rings. The maximum atomic E-state index is 13.4. The SMILES string of the molecule is Cc1nnc(N2c3cccc(C(N)=O)c3CC2C)nc1NCc1cccc(F)c1. The van der Waals surface area contributed by atoms with Crippen LogP contribution in [0.2, 0.25) is 0 Å². The zero-order chi connectivity index (χ0) is 20.5. The third-order valence-electron chi connectivity index (χ3n) is 5.03. The number of carbonyl (C=O) groups excluding carboxylic acids is 1. The second kappa shape index (κ2) is 7.46. The van der Waals surface area contributed by atoms with Crippen LogP contribution in [-0.2, 0) is 13.0 Å². The van der Waals surface area contributed by atoms with Crippen LogP contribution in [0, 0.1) is 12.7 Å². The van der Waals surface area contributed by atoms with Crippen molar-refractivity contribution in [2.45, 2.75) is 32.9 Å². The predicted molar refractivity (Wildman–Crippen MR) is 109 cm³/mol. The van der Waals surface area contributed by atoms with E-state index in [-0.39, 0.29) is 11.9 Å². The molecule has 0 radical (unpaired) electrons. The van der Waals surface area contributed by atoms with Crippen LogP contribution in [0.25, 0.3) is 0 Å². The third-order valence-corrected chi connectivity index (χ3v) is 5.03. The van der Waals surface area contributed by atoms with Gasteiger partial charge in [-0.25, -0.2) is 4.39 Å². The molecule has 8 heteroatoms. The lowest BCUT2D eigenvalue weighted by molar-refractivity contribution is 0.0999. The van der Waals surface area contributed by atoms with E-state index in [4.69, 9.17) is 5.73 Å². The maximum absolute atomic E-state index is 13.4. The van der Waals surface area contributed by atoms with Crippen molar-refractivity contribution in [2.24, 2.45) is 5.73 Å². The maximum Gasteiger partial charge on any atom is 0.252 e. The molecular formula is C21H21FN6O.